The number of nitrogens with one attached hydrogen (secondary N) is 1. The Kier molecular flexibility index (Phi) is 7.40. The molecule has 0 aromatic heterocycles. The summed E-state index contributed by atoms with van der Waals surface area (Å²) in [6, 6.07) is 11.2. The van der Waals surface area contributed by atoms with Gasteiger partial charge in [0.05, 0.1) is 22.7 Å². The van der Waals surface area contributed by atoms with Crippen LogP contribution in [0, 0.1) is 0 Å². The average Bonchev–Trinajstić information content (AvgIpc) is 2.67. The van der Waals surface area contributed by atoms with Crippen LogP contribution in [0.15, 0.2) is 48.5 Å². The lowest BCUT2D eigenvalue weighted by Crippen LogP contribution is -2.20. The van der Waals surface area contributed by atoms with Crippen molar-refractivity contribution in [2.24, 2.45) is 0 Å². The molecule has 0 spiro atoms. The molecule has 0 aliphatic heterocycles. The van der Waals surface area contributed by atoms with Crippen molar-refractivity contribution in [1.29, 1.82) is 0 Å². The Morgan fingerprint density at radius 2 is 1.85 bits per heavy atom. The summed E-state index contributed by atoms with van der Waals surface area (Å²) in [6.07, 6.45) is 2.58. The molecule has 2 aromatic carbocycles. The third kappa shape index (κ3) is 6.13. The van der Waals surface area contributed by atoms with Gasteiger partial charge in [-0.1, -0.05) is 41.4 Å². The van der Waals surface area contributed by atoms with Gasteiger partial charge in [0.25, 0.3) is 5.91 Å². The minimum atomic E-state index is -0.718. The lowest BCUT2D eigenvalue weighted by atomic mass is 10.2. The van der Waals surface area contributed by atoms with Gasteiger partial charge in [-0.2, -0.15) is 0 Å². The maximum Gasteiger partial charge on any atom is 0.337 e. The summed E-state index contributed by atoms with van der Waals surface area (Å²) in [4.78, 5) is 35.1. The van der Waals surface area contributed by atoms with Crippen molar-refractivity contribution in [1.82, 2.24) is 0 Å². The summed E-state index contributed by atoms with van der Waals surface area (Å²) in [5.74, 6) is -1.80. The van der Waals surface area contributed by atoms with Gasteiger partial charge in [0.15, 0.2) is 6.61 Å². The van der Waals surface area contributed by atoms with E-state index in [2.05, 4.69) is 10.1 Å². The number of anilines is 1. The van der Waals surface area contributed by atoms with Crippen molar-refractivity contribution in [3.8, 4) is 0 Å². The number of hydrogen-bond acceptors (Lipinski definition) is 5. The van der Waals surface area contributed by atoms with E-state index in [0.717, 1.165) is 6.08 Å². The topological polar surface area (TPSA) is 81.7 Å². The van der Waals surface area contributed by atoms with Crippen LogP contribution in [0.2, 0.25) is 10.0 Å². The molecule has 0 radical (unpaired) electrons. The first kappa shape index (κ1) is 20.5. The SMILES string of the molecule is COC(=O)c1cccc(NC(=O)COC(=O)/C=C/c2cccc(Cl)c2Cl)c1. The number of benzene rings is 2. The molecule has 0 saturated carbocycles. The van der Waals surface area contributed by atoms with E-state index in [1.165, 1.54) is 19.3 Å². The van der Waals surface area contributed by atoms with E-state index in [1.54, 1.807) is 36.4 Å². The number of hydrogen-bond donors (Lipinski definition) is 1. The fraction of sp³-hybridized carbons (Fsp3) is 0.105. The summed E-state index contributed by atoms with van der Waals surface area (Å²) in [7, 11) is 1.26. The Hall–Kier alpha value is -2.83. The average molecular weight is 408 g/mol. The highest BCUT2D eigenvalue weighted by atomic mass is 35.5. The summed E-state index contributed by atoms with van der Waals surface area (Å²) in [6.45, 7) is -0.491. The van der Waals surface area contributed by atoms with Crippen LogP contribution in [0.3, 0.4) is 0 Å². The van der Waals surface area contributed by atoms with Gasteiger partial charge in [-0.05, 0) is 35.9 Å². The molecule has 27 heavy (non-hydrogen) atoms. The summed E-state index contributed by atoms with van der Waals surface area (Å²) >= 11 is 11.9. The third-order valence-corrected chi connectivity index (χ3v) is 4.13. The molecule has 2 rings (SSSR count). The van der Waals surface area contributed by atoms with Crippen LogP contribution in [0.25, 0.3) is 6.08 Å². The van der Waals surface area contributed by atoms with Gasteiger partial charge in [-0.15, -0.1) is 0 Å². The van der Waals surface area contributed by atoms with Crippen molar-refractivity contribution >= 4 is 52.8 Å². The molecule has 0 aliphatic carbocycles. The second kappa shape index (κ2) is 9.75. The largest absolute Gasteiger partial charge is 0.465 e. The number of halogens is 2. The Labute approximate surface area is 165 Å². The number of ether oxygens (including phenoxy) is 2. The molecule has 0 bridgehead atoms. The summed E-state index contributed by atoms with van der Waals surface area (Å²) in [5, 5.41) is 3.19. The van der Waals surface area contributed by atoms with Crippen LogP contribution in [-0.4, -0.2) is 31.6 Å². The number of carbonyl (C=O) groups excluding carboxylic acids is 3. The summed E-state index contributed by atoms with van der Waals surface area (Å²) < 4.78 is 9.47. The molecule has 1 amide bonds. The molecule has 8 heteroatoms. The van der Waals surface area contributed by atoms with Crippen molar-refractivity contribution in [3.05, 3.63) is 69.7 Å². The van der Waals surface area contributed by atoms with Gasteiger partial charge in [0, 0.05) is 11.8 Å². The molecule has 2 aromatic rings. The lowest BCUT2D eigenvalue weighted by Gasteiger charge is -2.07. The van der Waals surface area contributed by atoms with Gasteiger partial charge >= 0.3 is 11.9 Å². The second-order valence-corrected chi connectivity index (χ2v) is 5.99. The minimum absolute atomic E-state index is 0.286. The molecule has 6 nitrogen and oxygen atoms in total. The molecule has 0 unspecified atom stereocenters. The molecular weight excluding hydrogens is 393 g/mol. The van der Waals surface area contributed by atoms with Crippen molar-refractivity contribution in [2.75, 3.05) is 19.0 Å². The molecule has 0 atom stereocenters. The Bertz CT molecular complexity index is 895. The van der Waals surface area contributed by atoms with Crippen molar-refractivity contribution in [2.45, 2.75) is 0 Å². The van der Waals surface area contributed by atoms with Crippen LogP contribution in [0.1, 0.15) is 15.9 Å². The molecule has 140 valence electrons. The predicted octanol–water partition coefficient (Wildman–Crippen LogP) is 3.98. The maximum absolute atomic E-state index is 11.9. The van der Waals surface area contributed by atoms with Gasteiger partial charge < -0.3 is 14.8 Å². The predicted molar refractivity (Wildman–Crippen MR) is 103 cm³/mol. The molecular formula is C19H15Cl2NO5. The van der Waals surface area contributed by atoms with E-state index < -0.39 is 24.5 Å². The molecule has 0 heterocycles. The van der Waals surface area contributed by atoms with Crippen LogP contribution in [0.5, 0.6) is 0 Å². The fourth-order valence-corrected chi connectivity index (χ4v) is 2.40. The molecule has 0 aliphatic rings. The zero-order chi connectivity index (χ0) is 19.8. The Morgan fingerprint density at radius 3 is 2.59 bits per heavy atom. The monoisotopic (exact) mass is 407 g/mol. The first-order valence-corrected chi connectivity index (χ1v) is 8.43. The first-order valence-electron chi connectivity index (χ1n) is 7.68. The number of amides is 1. The highest BCUT2D eigenvalue weighted by Gasteiger charge is 2.09. The minimum Gasteiger partial charge on any atom is -0.465 e. The smallest absolute Gasteiger partial charge is 0.337 e. The van der Waals surface area contributed by atoms with E-state index >= 15 is 0 Å². The van der Waals surface area contributed by atoms with E-state index in [1.807, 2.05) is 0 Å². The van der Waals surface area contributed by atoms with Gasteiger partial charge in [0.1, 0.15) is 0 Å². The van der Waals surface area contributed by atoms with E-state index in [0.29, 0.717) is 21.3 Å². The van der Waals surface area contributed by atoms with Crippen molar-refractivity contribution in [3.63, 3.8) is 0 Å². The van der Waals surface area contributed by atoms with Gasteiger partial charge in [-0.3, -0.25) is 4.79 Å². The molecule has 0 fully saturated rings. The zero-order valence-electron chi connectivity index (χ0n) is 14.2. The van der Waals surface area contributed by atoms with Crippen molar-refractivity contribution < 1.29 is 23.9 Å². The van der Waals surface area contributed by atoms with E-state index in [9.17, 15) is 14.4 Å². The zero-order valence-corrected chi connectivity index (χ0v) is 15.7. The number of carbonyl (C=O) groups is 3. The number of esters is 2. The second-order valence-electron chi connectivity index (χ2n) is 5.20. The fourth-order valence-electron chi connectivity index (χ4n) is 2.03. The van der Waals surface area contributed by atoms with Crippen LogP contribution >= 0.6 is 23.2 Å². The van der Waals surface area contributed by atoms with Gasteiger partial charge in [0.2, 0.25) is 0 Å². The highest BCUT2D eigenvalue weighted by molar-refractivity contribution is 6.42. The third-order valence-electron chi connectivity index (χ3n) is 3.29. The Morgan fingerprint density at radius 1 is 1.11 bits per heavy atom. The van der Waals surface area contributed by atoms with Gasteiger partial charge in [-0.25, -0.2) is 9.59 Å². The standard InChI is InChI=1S/C19H15Cl2NO5/c1-26-19(25)13-5-2-6-14(10-13)22-16(23)11-27-17(24)9-8-12-4-3-7-15(20)18(12)21/h2-10H,11H2,1H3,(H,22,23)/b9-8+. The molecule has 0 saturated heterocycles. The molecule has 1 N–H and O–H groups in total. The van der Waals surface area contributed by atoms with Crippen LogP contribution in [0.4, 0.5) is 5.69 Å². The van der Waals surface area contributed by atoms with E-state index in [-0.39, 0.29) is 5.56 Å². The Balaban J connectivity index is 1.88. The number of methoxy groups -OCH3 is 1. The highest BCUT2D eigenvalue weighted by Crippen LogP contribution is 2.26. The summed E-state index contributed by atoms with van der Waals surface area (Å²) in [5.41, 5.74) is 1.21. The maximum atomic E-state index is 11.9. The number of rotatable bonds is 6. The van der Waals surface area contributed by atoms with Crippen LogP contribution < -0.4 is 5.32 Å². The van der Waals surface area contributed by atoms with Crippen LogP contribution in [-0.2, 0) is 19.1 Å². The lowest BCUT2D eigenvalue weighted by molar-refractivity contribution is -0.142. The first-order chi connectivity index (χ1) is 12.9. The normalized spacial score (nSPS) is 10.5. The van der Waals surface area contributed by atoms with E-state index in [4.69, 9.17) is 27.9 Å². The quantitative estimate of drug-likeness (QED) is 0.578.